The van der Waals surface area contributed by atoms with Crippen LogP contribution < -0.4 is 5.32 Å². The van der Waals surface area contributed by atoms with Crippen LogP contribution in [0.3, 0.4) is 0 Å². The lowest BCUT2D eigenvalue weighted by Crippen LogP contribution is -2.44. The lowest BCUT2D eigenvalue weighted by atomic mass is 9.97. The second-order valence-corrected chi connectivity index (χ2v) is 6.17. The van der Waals surface area contributed by atoms with Gasteiger partial charge in [0, 0.05) is 31.1 Å². The van der Waals surface area contributed by atoms with Gasteiger partial charge in [-0.25, -0.2) is 4.39 Å². The van der Waals surface area contributed by atoms with E-state index in [4.69, 9.17) is 0 Å². The lowest BCUT2D eigenvalue weighted by Gasteiger charge is -2.33. The van der Waals surface area contributed by atoms with E-state index in [1.165, 1.54) is 24.3 Å². The smallest absolute Gasteiger partial charge is 0.253 e. The first-order chi connectivity index (χ1) is 10.5. The first kappa shape index (κ1) is 16.5. The zero-order valence-electron chi connectivity index (χ0n) is 13.1. The van der Waals surface area contributed by atoms with Gasteiger partial charge >= 0.3 is 0 Å². The van der Waals surface area contributed by atoms with Crippen molar-refractivity contribution in [1.29, 1.82) is 0 Å². The normalized spacial score (nSPS) is 18.4. The van der Waals surface area contributed by atoms with E-state index in [0.29, 0.717) is 25.2 Å². The van der Waals surface area contributed by atoms with Crippen LogP contribution in [0.1, 0.15) is 37.0 Å². The first-order valence-corrected chi connectivity index (χ1v) is 7.80. The Bertz CT molecular complexity index is 528. The molecule has 0 saturated carbocycles. The number of carbonyl (C=O) groups is 2. The predicted octanol–water partition coefficient (Wildman–Crippen LogP) is 2.45. The van der Waals surface area contributed by atoms with Gasteiger partial charge in [0.25, 0.3) is 5.91 Å². The Balaban J connectivity index is 1.91. The van der Waals surface area contributed by atoms with Gasteiger partial charge in [0.1, 0.15) is 5.82 Å². The largest absolute Gasteiger partial charge is 0.356 e. The molecule has 1 aromatic carbocycles. The van der Waals surface area contributed by atoms with E-state index in [1.807, 2.05) is 13.8 Å². The zero-order chi connectivity index (χ0) is 16.1. The third kappa shape index (κ3) is 4.29. The molecule has 22 heavy (non-hydrogen) atoms. The minimum atomic E-state index is -0.343. The Morgan fingerprint density at radius 3 is 2.64 bits per heavy atom. The van der Waals surface area contributed by atoms with Crippen molar-refractivity contribution in [2.24, 2.45) is 11.8 Å². The van der Waals surface area contributed by atoms with Gasteiger partial charge in [-0.3, -0.25) is 9.59 Å². The van der Waals surface area contributed by atoms with Crippen molar-refractivity contribution in [2.45, 2.75) is 26.7 Å². The fourth-order valence-electron chi connectivity index (χ4n) is 2.64. The van der Waals surface area contributed by atoms with E-state index in [9.17, 15) is 14.0 Å². The van der Waals surface area contributed by atoms with Crippen molar-refractivity contribution in [2.75, 3.05) is 19.6 Å². The molecular formula is C17H23FN2O2. The number of piperidine rings is 1. The van der Waals surface area contributed by atoms with Gasteiger partial charge in [-0.15, -0.1) is 0 Å². The van der Waals surface area contributed by atoms with Crippen LogP contribution in [-0.2, 0) is 4.79 Å². The first-order valence-electron chi connectivity index (χ1n) is 7.80. The molecule has 0 aliphatic carbocycles. The topological polar surface area (TPSA) is 49.4 Å². The summed E-state index contributed by atoms with van der Waals surface area (Å²) in [5.41, 5.74) is 0.508. The average molecular weight is 306 g/mol. The minimum absolute atomic E-state index is 0.0273. The number of carbonyl (C=O) groups excluding carboxylic acids is 2. The van der Waals surface area contributed by atoms with Crippen LogP contribution in [0.15, 0.2) is 24.3 Å². The summed E-state index contributed by atoms with van der Waals surface area (Å²) < 4.78 is 12.9. The Hall–Kier alpha value is -1.91. The molecule has 1 aliphatic heterocycles. The van der Waals surface area contributed by atoms with Gasteiger partial charge in [0.05, 0.1) is 0 Å². The van der Waals surface area contributed by atoms with E-state index in [-0.39, 0.29) is 29.5 Å². The Labute approximate surface area is 130 Å². The monoisotopic (exact) mass is 306 g/mol. The standard InChI is InChI=1S/C17H23FN2O2/c1-12(2)16(21)19-10-13-4-3-9-20(11-13)17(22)14-5-7-15(18)8-6-14/h5-8,12-13H,3-4,9-11H2,1-2H3,(H,19,21)/t13-/m1/s1. The summed E-state index contributed by atoms with van der Waals surface area (Å²) in [7, 11) is 0. The SMILES string of the molecule is CC(C)C(=O)NC[C@H]1CCCN(C(=O)c2ccc(F)cc2)C1. The summed E-state index contributed by atoms with van der Waals surface area (Å²) in [6, 6.07) is 5.64. The molecule has 1 aromatic rings. The molecule has 0 aromatic heterocycles. The molecule has 2 amide bonds. The summed E-state index contributed by atoms with van der Waals surface area (Å²) in [4.78, 5) is 25.8. The molecule has 0 unspecified atom stereocenters. The van der Waals surface area contributed by atoms with E-state index in [0.717, 1.165) is 12.8 Å². The van der Waals surface area contributed by atoms with E-state index < -0.39 is 0 Å². The molecule has 2 rings (SSSR count). The van der Waals surface area contributed by atoms with Crippen molar-refractivity contribution in [3.8, 4) is 0 Å². The van der Waals surface area contributed by atoms with Crippen LogP contribution in [-0.4, -0.2) is 36.3 Å². The van der Waals surface area contributed by atoms with Crippen molar-refractivity contribution in [3.05, 3.63) is 35.6 Å². The highest BCUT2D eigenvalue weighted by atomic mass is 19.1. The van der Waals surface area contributed by atoms with Crippen molar-refractivity contribution >= 4 is 11.8 Å². The molecule has 1 saturated heterocycles. The number of amides is 2. The number of nitrogens with zero attached hydrogens (tertiary/aromatic N) is 1. The van der Waals surface area contributed by atoms with Crippen molar-refractivity contribution < 1.29 is 14.0 Å². The maximum Gasteiger partial charge on any atom is 0.253 e. The number of benzene rings is 1. The molecular weight excluding hydrogens is 283 g/mol. The molecule has 1 atom stereocenters. The number of likely N-dealkylation sites (tertiary alicyclic amines) is 1. The maximum absolute atomic E-state index is 12.9. The second kappa shape index (κ2) is 7.38. The predicted molar refractivity (Wildman–Crippen MR) is 82.9 cm³/mol. The fraction of sp³-hybridized carbons (Fsp3) is 0.529. The van der Waals surface area contributed by atoms with E-state index in [2.05, 4.69) is 5.32 Å². The van der Waals surface area contributed by atoms with E-state index in [1.54, 1.807) is 4.90 Å². The minimum Gasteiger partial charge on any atom is -0.356 e. The molecule has 120 valence electrons. The Morgan fingerprint density at radius 2 is 2.00 bits per heavy atom. The van der Waals surface area contributed by atoms with Crippen LogP contribution in [0, 0.1) is 17.7 Å². The van der Waals surface area contributed by atoms with Crippen molar-refractivity contribution in [3.63, 3.8) is 0 Å². The van der Waals surface area contributed by atoms with E-state index >= 15 is 0 Å². The highest BCUT2D eigenvalue weighted by molar-refractivity contribution is 5.94. The van der Waals surface area contributed by atoms with Gasteiger partial charge in [0.15, 0.2) is 0 Å². The molecule has 1 aliphatic rings. The quantitative estimate of drug-likeness (QED) is 0.929. The Kier molecular flexibility index (Phi) is 5.52. The Morgan fingerprint density at radius 1 is 1.32 bits per heavy atom. The fourth-order valence-corrected chi connectivity index (χ4v) is 2.64. The summed E-state index contributed by atoms with van der Waals surface area (Å²) in [6.07, 6.45) is 1.93. The third-order valence-corrected chi connectivity index (χ3v) is 3.99. The van der Waals surface area contributed by atoms with Gasteiger partial charge in [-0.1, -0.05) is 13.8 Å². The highest BCUT2D eigenvalue weighted by Gasteiger charge is 2.25. The van der Waals surface area contributed by atoms with Crippen molar-refractivity contribution in [1.82, 2.24) is 10.2 Å². The molecule has 1 heterocycles. The van der Waals surface area contributed by atoms with Crippen LogP contribution in [0.25, 0.3) is 0 Å². The molecule has 5 heteroatoms. The maximum atomic E-state index is 12.9. The van der Waals surface area contributed by atoms with Gasteiger partial charge in [-0.05, 0) is 43.0 Å². The molecule has 0 spiro atoms. The molecule has 1 fully saturated rings. The summed E-state index contributed by atoms with van der Waals surface area (Å²) in [5, 5.41) is 2.93. The number of hydrogen-bond acceptors (Lipinski definition) is 2. The molecule has 0 radical (unpaired) electrons. The summed E-state index contributed by atoms with van der Waals surface area (Å²) >= 11 is 0. The van der Waals surface area contributed by atoms with Gasteiger partial charge in [-0.2, -0.15) is 0 Å². The molecule has 4 nitrogen and oxygen atoms in total. The number of rotatable bonds is 4. The summed E-state index contributed by atoms with van der Waals surface area (Å²) in [6.45, 7) is 5.67. The number of nitrogens with one attached hydrogen (secondary N) is 1. The lowest BCUT2D eigenvalue weighted by molar-refractivity contribution is -0.124. The number of halogens is 1. The zero-order valence-corrected chi connectivity index (χ0v) is 13.1. The van der Waals surface area contributed by atoms with Crippen LogP contribution in [0.4, 0.5) is 4.39 Å². The van der Waals surface area contributed by atoms with Crippen LogP contribution in [0.2, 0.25) is 0 Å². The summed E-state index contributed by atoms with van der Waals surface area (Å²) in [5.74, 6) is -0.118. The van der Waals surface area contributed by atoms with Crippen LogP contribution in [0.5, 0.6) is 0 Å². The molecule has 0 bridgehead atoms. The average Bonchev–Trinajstić information content (AvgIpc) is 2.52. The third-order valence-electron chi connectivity index (χ3n) is 3.99. The number of hydrogen-bond donors (Lipinski definition) is 1. The van der Waals surface area contributed by atoms with Gasteiger partial charge in [0.2, 0.25) is 5.91 Å². The molecule has 1 N–H and O–H groups in total. The van der Waals surface area contributed by atoms with Gasteiger partial charge < -0.3 is 10.2 Å². The second-order valence-electron chi connectivity index (χ2n) is 6.17. The highest BCUT2D eigenvalue weighted by Crippen LogP contribution is 2.18. The van der Waals surface area contributed by atoms with Crippen LogP contribution >= 0.6 is 0 Å².